The van der Waals surface area contributed by atoms with Crippen molar-refractivity contribution in [2.24, 2.45) is 9.98 Å². The molecule has 2 rings (SSSR count). The maximum Gasteiger partial charge on any atom is 0.0848 e. The Morgan fingerprint density at radius 3 is 0.606 bits per heavy atom. The van der Waals surface area contributed by atoms with E-state index in [0.717, 1.165) is 42.1 Å². The topological polar surface area (TPSA) is 24.7 Å². The van der Waals surface area contributed by atoms with Crippen molar-refractivity contribution in [1.82, 2.24) is 0 Å². The summed E-state index contributed by atoms with van der Waals surface area (Å²) >= 11 is 0. The lowest BCUT2D eigenvalue weighted by molar-refractivity contribution is 0.517. The van der Waals surface area contributed by atoms with Crippen LogP contribution >= 0.6 is 0 Å². The maximum atomic E-state index is 5.48. The van der Waals surface area contributed by atoms with Crippen molar-refractivity contribution in [2.75, 3.05) is 0 Å². The first-order valence-corrected chi connectivity index (χ1v) is 48.1. The van der Waals surface area contributed by atoms with Gasteiger partial charge in [0.1, 0.15) is 0 Å². The van der Waals surface area contributed by atoms with Gasteiger partial charge < -0.3 is 0 Å². The molecule has 2 nitrogen and oxygen atoms in total. The molecule has 600 valence electrons. The Labute approximate surface area is 653 Å². The maximum absolute atomic E-state index is 5.48. The van der Waals surface area contributed by atoms with Crippen molar-refractivity contribution in [2.45, 2.75) is 529 Å². The van der Waals surface area contributed by atoms with Crippen LogP contribution in [0.15, 0.2) is 82.8 Å². The third-order valence-electron chi connectivity index (χ3n) is 22.9. The van der Waals surface area contributed by atoms with Gasteiger partial charge in [0.25, 0.3) is 0 Å². The predicted molar refractivity (Wildman–Crippen MR) is 477 cm³/mol. The zero-order chi connectivity index (χ0) is 73.9. The molecule has 0 radical (unpaired) electrons. The largest absolute Gasteiger partial charge is 0.251 e. The van der Waals surface area contributed by atoms with Gasteiger partial charge in [-0.15, -0.1) is 0 Å². The fraction of sp³-hybridized carbons (Fsp3) is 0.804. The molecule has 2 aromatic rings. The van der Waals surface area contributed by atoms with Crippen molar-refractivity contribution in [3.05, 3.63) is 84.0 Å². The van der Waals surface area contributed by atoms with Gasteiger partial charge in [-0.3, -0.25) is 4.99 Å². The summed E-state index contributed by atoms with van der Waals surface area (Å²) in [6, 6.07) is 18.1. The summed E-state index contributed by atoms with van der Waals surface area (Å²) in [6.07, 6.45) is 124. The molecule has 0 aromatic heterocycles. The summed E-state index contributed by atoms with van der Waals surface area (Å²) < 4.78 is 0. The van der Waals surface area contributed by atoms with E-state index < -0.39 is 0 Å². The average Bonchev–Trinajstić information content (AvgIpc) is 0.863. The molecule has 0 unspecified atom stereocenters. The quantitative estimate of drug-likeness (QED) is 0.0466. The summed E-state index contributed by atoms with van der Waals surface area (Å²) in [5.74, 6) is 0. The Kier molecular flexibility index (Phi) is 77.0. The number of nitrogens with zero attached hydrogens (tertiary/aromatic N) is 2. The van der Waals surface area contributed by atoms with Crippen molar-refractivity contribution in [3.63, 3.8) is 0 Å². The van der Waals surface area contributed by atoms with E-state index in [4.69, 9.17) is 9.98 Å². The normalized spacial score (nSPS) is 12.3. The molecule has 0 aliphatic heterocycles. The molecule has 0 spiro atoms. The number of allylic oxidation sites excluding steroid dienone is 4. The summed E-state index contributed by atoms with van der Waals surface area (Å²) in [5.41, 5.74) is 6.79. The number of aliphatic imine (C=N–C) groups is 2. The lowest BCUT2D eigenvalue weighted by Crippen LogP contribution is -2.12. The zero-order valence-electron chi connectivity index (χ0n) is 71.1. The molecule has 2 heteroatoms. The van der Waals surface area contributed by atoms with Crippen molar-refractivity contribution >= 4 is 35.0 Å². The van der Waals surface area contributed by atoms with Crippen molar-refractivity contribution in [3.8, 4) is 0 Å². The Balaban J connectivity index is 1.84. The van der Waals surface area contributed by atoms with Crippen LogP contribution in [0.4, 0.5) is 11.4 Å². The van der Waals surface area contributed by atoms with Gasteiger partial charge in [-0.1, -0.05) is 532 Å². The number of hydrogen-bond acceptors (Lipinski definition) is 2. The molecule has 104 heavy (non-hydrogen) atoms. The standard InChI is InChI=1S/C102H182N2/c1-5-9-13-17-21-24-27-30-33-36-39-42-45-47-49-51-53-56-59-62-65-68-71-74-77-81-85-97-89-93-99(94-90-97)103-101(87-83-79-20-16-12-8-4)102(88-84-80-76-73-70-67-64-61-58-55-44-41-38-35-32-29-26-23-19-15-11-7-3)104-100-95-91-98(92-96-100)86-82-78-75-72-69-66-63-60-57-54-52-50-48-46-43-40-37-34-31-28-25-22-18-14-10-6-2/h81-82,84-86,88-96H,5-80,83,87H2,1-4H3. The van der Waals surface area contributed by atoms with Gasteiger partial charge in [-0.05, 0) is 92.8 Å². The van der Waals surface area contributed by atoms with E-state index in [0.29, 0.717) is 0 Å². The minimum absolute atomic E-state index is 0.955. The van der Waals surface area contributed by atoms with Crippen LogP contribution in [0.25, 0.3) is 12.2 Å². The molecule has 0 atom stereocenters. The van der Waals surface area contributed by atoms with Crippen LogP contribution in [-0.2, 0) is 0 Å². The second kappa shape index (κ2) is 82.5. The number of unbranched alkanes of at least 4 members (excludes halogenated alkanes) is 73. The van der Waals surface area contributed by atoms with Gasteiger partial charge in [0.2, 0.25) is 0 Å². The molecular formula is C102H182N2. The molecule has 0 saturated carbocycles. The highest BCUT2D eigenvalue weighted by Gasteiger charge is 2.10. The Morgan fingerprint density at radius 2 is 0.385 bits per heavy atom. The first-order chi connectivity index (χ1) is 51.7. The smallest absolute Gasteiger partial charge is 0.0848 e. The van der Waals surface area contributed by atoms with Gasteiger partial charge in [0.15, 0.2) is 0 Å². The summed E-state index contributed by atoms with van der Waals surface area (Å²) in [6.45, 7) is 9.27. The van der Waals surface area contributed by atoms with Gasteiger partial charge in [-0.2, -0.15) is 0 Å². The minimum atomic E-state index is 0.955. The number of benzene rings is 2. The summed E-state index contributed by atoms with van der Waals surface area (Å²) in [4.78, 5) is 10.9. The fourth-order valence-corrected chi connectivity index (χ4v) is 15.7. The van der Waals surface area contributed by atoms with E-state index in [2.05, 4.69) is 113 Å². The Bertz CT molecular complexity index is 2140. The SMILES string of the molecule is CCCCCCCCCCCCCCCCCCCCCCC=CC(=Nc1ccc(C=CCCCCCCCCCCCCCCCCCCCCCCCCCC)cc1)C(CCCCCCCC)=Nc1ccc(C=CCCCCCCCCCCCCCCCCCCCCCCCCCC)cc1. The van der Waals surface area contributed by atoms with Gasteiger partial charge in [0.05, 0.1) is 22.8 Å². The highest BCUT2D eigenvalue weighted by atomic mass is 14.8. The molecule has 0 aliphatic carbocycles. The van der Waals surface area contributed by atoms with E-state index in [-0.39, 0.29) is 0 Å². The Morgan fingerprint density at radius 1 is 0.202 bits per heavy atom. The second-order valence-corrected chi connectivity index (χ2v) is 33.3. The molecule has 0 heterocycles. The van der Waals surface area contributed by atoms with E-state index >= 15 is 0 Å². The van der Waals surface area contributed by atoms with Gasteiger partial charge in [0, 0.05) is 0 Å². The third-order valence-corrected chi connectivity index (χ3v) is 22.9. The summed E-state index contributed by atoms with van der Waals surface area (Å²) in [7, 11) is 0. The molecule has 0 bridgehead atoms. The molecule has 2 aromatic carbocycles. The molecule has 0 N–H and O–H groups in total. The van der Waals surface area contributed by atoms with Gasteiger partial charge in [-0.25, -0.2) is 4.99 Å². The molecule has 0 amide bonds. The van der Waals surface area contributed by atoms with E-state index in [1.807, 2.05) is 0 Å². The minimum Gasteiger partial charge on any atom is -0.251 e. The van der Waals surface area contributed by atoms with Crippen LogP contribution in [0.2, 0.25) is 0 Å². The lowest BCUT2D eigenvalue weighted by atomic mass is 10.0. The predicted octanol–water partition coefficient (Wildman–Crippen LogP) is 37.6. The molecule has 0 saturated heterocycles. The Hall–Kier alpha value is -3.00. The second-order valence-electron chi connectivity index (χ2n) is 33.3. The average molecular weight is 1440 g/mol. The highest BCUT2D eigenvalue weighted by Crippen LogP contribution is 2.25. The van der Waals surface area contributed by atoms with E-state index in [1.165, 1.54) is 493 Å². The van der Waals surface area contributed by atoms with Crippen molar-refractivity contribution in [1.29, 1.82) is 0 Å². The van der Waals surface area contributed by atoms with Gasteiger partial charge >= 0.3 is 0 Å². The summed E-state index contributed by atoms with van der Waals surface area (Å²) in [5, 5.41) is 0. The van der Waals surface area contributed by atoms with Crippen LogP contribution < -0.4 is 0 Å². The van der Waals surface area contributed by atoms with Crippen molar-refractivity contribution < 1.29 is 0 Å². The van der Waals surface area contributed by atoms with Crippen LogP contribution in [0.1, 0.15) is 540 Å². The monoisotopic (exact) mass is 1440 g/mol. The lowest BCUT2D eigenvalue weighted by Gasteiger charge is -2.09. The zero-order valence-corrected chi connectivity index (χ0v) is 71.1. The van der Waals surface area contributed by atoms with Crippen LogP contribution in [0.3, 0.4) is 0 Å². The third kappa shape index (κ3) is 69.5. The van der Waals surface area contributed by atoms with E-state index in [1.54, 1.807) is 0 Å². The molecule has 0 aliphatic rings. The molecular weight excluding hydrogens is 1250 g/mol. The number of hydrogen-bond donors (Lipinski definition) is 0. The van der Waals surface area contributed by atoms with Crippen LogP contribution in [0, 0.1) is 0 Å². The first kappa shape index (κ1) is 97.1. The van der Waals surface area contributed by atoms with E-state index in [9.17, 15) is 0 Å². The fourth-order valence-electron chi connectivity index (χ4n) is 15.7. The highest BCUT2D eigenvalue weighted by molar-refractivity contribution is 6.47. The number of rotatable bonds is 84. The van der Waals surface area contributed by atoms with Crippen LogP contribution in [-0.4, -0.2) is 11.4 Å². The van der Waals surface area contributed by atoms with Crippen LogP contribution in [0.5, 0.6) is 0 Å². The molecule has 0 fully saturated rings. The first-order valence-electron chi connectivity index (χ1n) is 48.1.